The predicted octanol–water partition coefficient (Wildman–Crippen LogP) is 4.14. The van der Waals surface area contributed by atoms with Crippen molar-refractivity contribution in [3.8, 4) is 0 Å². The molecule has 3 heterocycles. The molecule has 2 aromatic carbocycles. The second kappa shape index (κ2) is 9.26. The van der Waals surface area contributed by atoms with Gasteiger partial charge in [0.05, 0.1) is 12.6 Å². The maximum Gasteiger partial charge on any atom is 0.246 e. The molecule has 34 heavy (non-hydrogen) atoms. The molecule has 2 unspecified atom stereocenters. The Labute approximate surface area is 200 Å². The molecule has 1 saturated heterocycles. The average molecular weight is 460 g/mol. The number of aliphatic hydroxyl groups is 1. The van der Waals surface area contributed by atoms with E-state index in [1.165, 1.54) is 5.56 Å². The summed E-state index contributed by atoms with van der Waals surface area (Å²) < 4.78 is 0. The molecule has 0 spiro atoms. The summed E-state index contributed by atoms with van der Waals surface area (Å²) in [6.45, 7) is 5.17. The van der Waals surface area contributed by atoms with Crippen LogP contribution in [0.25, 0.3) is 10.9 Å². The molecule has 0 radical (unpaired) electrons. The van der Waals surface area contributed by atoms with E-state index in [-0.39, 0.29) is 31.0 Å². The van der Waals surface area contributed by atoms with Crippen molar-refractivity contribution in [2.75, 3.05) is 19.7 Å². The van der Waals surface area contributed by atoms with Gasteiger partial charge in [0.1, 0.15) is 6.04 Å². The Morgan fingerprint density at radius 2 is 1.79 bits per heavy atom. The number of carbonyl (C=O) groups excluding carboxylic acids is 2. The fraction of sp³-hybridized carbons (Fsp3) is 0.429. The van der Waals surface area contributed by atoms with Crippen LogP contribution in [0.1, 0.15) is 67.5 Å². The first-order valence-corrected chi connectivity index (χ1v) is 12.4. The maximum absolute atomic E-state index is 13.6. The molecule has 3 aromatic rings. The second-order valence-electron chi connectivity index (χ2n) is 9.85. The SMILES string of the molecule is CC(C)c1ccc(C2c3[nH]c4ccccc4c3CC3C(=O)N(CCCCCO)CC(=O)N32)cc1. The van der Waals surface area contributed by atoms with Crippen LogP contribution in [0.5, 0.6) is 0 Å². The zero-order valence-corrected chi connectivity index (χ0v) is 20.0. The number of aromatic nitrogens is 1. The highest BCUT2D eigenvalue weighted by atomic mass is 16.3. The third kappa shape index (κ3) is 3.90. The Morgan fingerprint density at radius 3 is 2.53 bits per heavy atom. The normalized spacial score (nSPS) is 20.2. The molecule has 2 atom stereocenters. The topological polar surface area (TPSA) is 76.6 Å². The fourth-order valence-corrected chi connectivity index (χ4v) is 5.51. The number of aliphatic hydroxyl groups excluding tert-OH is 1. The lowest BCUT2D eigenvalue weighted by molar-refractivity contribution is -0.158. The number of rotatable bonds is 7. The van der Waals surface area contributed by atoms with E-state index in [1.54, 1.807) is 4.90 Å². The minimum Gasteiger partial charge on any atom is -0.396 e. The van der Waals surface area contributed by atoms with Crippen molar-refractivity contribution in [2.24, 2.45) is 0 Å². The van der Waals surface area contributed by atoms with Crippen LogP contribution >= 0.6 is 0 Å². The van der Waals surface area contributed by atoms with Crippen LogP contribution in [0.15, 0.2) is 48.5 Å². The number of nitrogens with zero attached hydrogens (tertiary/aromatic N) is 2. The lowest BCUT2D eigenvalue weighted by Crippen LogP contribution is -2.63. The monoisotopic (exact) mass is 459 g/mol. The second-order valence-corrected chi connectivity index (χ2v) is 9.85. The van der Waals surface area contributed by atoms with Crippen LogP contribution in [0.3, 0.4) is 0 Å². The Balaban J connectivity index is 1.55. The molecule has 2 N–H and O–H groups in total. The van der Waals surface area contributed by atoms with Gasteiger partial charge in [-0.25, -0.2) is 0 Å². The van der Waals surface area contributed by atoms with Gasteiger partial charge in [-0.05, 0) is 47.9 Å². The number of aromatic amines is 1. The zero-order chi connectivity index (χ0) is 23.8. The van der Waals surface area contributed by atoms with E-state index in [2.05, 4.69) is 55.2 Å². The van der Waals surface area contributed by atoms with Crippen LogP contribution in [0.2, 0.25) is 0 Å². The summed E-state index contributed by atoms with van der Waals surface area (Å²) in [5, 5.41) is 10.2. The number of carbonyl (C=O) groups is 2. The third-order valence-electron chi connectivity index (χ3n) is 7.35. The number of unbranched alkanes of at least 4 members (excludes halogenated alkanes) is 2. The van der Waals surface area contributed by atoms with Crippen molar-refractivity contribution >= 4 is 22.7 Å². The predicted molar refractivity (Wildman–Crippen MR) is 133 cm³/mol. The van der Waals surface area contributed by atoms with Crippen LogP contribution in [-0.2, 0) is 16.0 Å². The summed E-state index contributed by atoms with van der Waals surface area (Å²) in [7, 11) is 0. The number of para-hydroxylation sites is 1. The highest BCUT2D eigenvalue weighted by Crippen LogP contribution is 2.42. The van der Waals surface area contributed by atoms with Gasteiger partial charge in [-0.3, -0.25) is 9.59 Å². The van der Waals surface area contributed by atoms with Crippen LogP contribution in [0, 0.1) is 0 Å². The Morgan fingerprint density at radius 1 is 1.03 bits per heavy atom. The summed E-state index contributed by atoms with van der Waals surface area (Å²) >= 11 is 0. The van der Waals surface area contributed by atoms with E-state index in [4.69, 9.17) is 5.11 Å². The summed E-state index contributed by atoms with van der Waals surface area (Å²) in [6.07, 6.45) is 2.89. The van der Waals surface area contributed by atoms with E-state index >= 15 is 0 Å². The lowest BCUT2D eigenvalue weighted by Gasteiger charge is -2.47. The van der Waals surface area contributed by atoms with Gasteiger partial charge in [-0.2, -0.15) is 0 Å². The molecule has 5 rings (SSSR count). The Bertz CT molecular complexity index is 1200. The third-order valence-corrected chi connectivity index (χ3v) is 7.35. The largest absolute Gasteiger partial charge is 0.396 e. The first-order valence-electron chi connectivity index (χ1n) is 12.4. The Hall–Kier alpha value is -3.12. The molecule has 0 saturated carbocycles. The van der Waals surface area contributed by atoms with E-state index in [9.17, 15) is 9.59 Å². The molecule has 0 aliphatic carbocycles. The van der Waals surface area contributed by atoms with Gasteiger partial charge in [0.2, 0.25) is 11.8 Å². The number of piperazine rings is 1. The van der Waals surface area contributed by atoms with Gasteiger partial charge in [0.15, 0.2) is 0 Å². The minimum atomic E-state index is -0.499. The average Bonchev–Trinajstić information content (AvgIpc) is 3.22. The van der Waals surface area contributed by atoms with Crippen molar-refractivity contribution in [1.29, 1.82) is 0 Å². The number of fused-ring (bicyclic) bond motifs is 4. The number of benzene rings is 2. The molecular formula is C28H33N3O3. The number of amides is 2. The van der Waals surface area contributed by atoms with Gasteiger partial charge < -0.3 is 19.9 Å². The van der Waals surface area contributed by atoms with Gasteiger partial charge >= 0.3 is 0 Å². The van der Waals surface area contributed by atoms with E-state index in [0.717, 1.165) is 47.0 Å². The van der Waals surface area contributed by atoms with Gasteiger partial charge in [0, 0.05) is 36.2 Å². The van der Waals surface area contributed by atoms with E-state index in [0.29, 0.717) is 18.9 Å². The van der Waals surface area contributed by atoms with Crippen molar-refractivity contribution in [3.63, 3.8) is 0 Å². The lowest BCUT2D eigenvalue weighted by atomic mass is 9.85. The summed E-state index contributed by atoms with van der Waals surface area (Å²) in [5.41, 5.74) is 5.48. The van der Waals surface area contributed by atoms with Crippen molar-refractivity contribution in [2.45, 2.75) is 57.5 Å². The molecule has 178 valence electrons. The molecule has 1 fully saturated rings. The first-order chi connectivity index (χ1) is 16.5. The molecule has 2 aliphatic heterocycles. The standard InChI is InChI=1S/C28H33N3O3/c1-18(2)19-10-12-20(13-11-19)27-26-22(21-8-4-5-9-23(21)29-26)16-24-28(34)30(14-6-3-7-15-32)17-25(33)31(24)27/h4-5,8-13,18,24,27,29,32H,3,6-7,14-17H2,1-2H3. The summed E-state index contributed by atoms with van der Waals surface area (Å²) in [5.74, 6) is 0.451. The van der Waals surface area contributed by atoms with Crippen LogP contribution in [-0.4, -0.2) is 57.4 Å². The quantitative estimate of drug-likeness (QED) is 0.522. The zero-order valence-electron chi connectivity index (χ0n) is 20.0. The van der Waals surface area contributed by atoms with Crippen molar-refractivity contribution < 1.29 is 14.7 Å². The minimum absolute atomic E-state index is 0.00556. The number of hydrogen-bond acceptors (Lipinski definition) is 3. The van der Waals surface area contributed by atoms with E-state index in [1.807, 2.05) is 17.0 Å². The smallest absolute Gasteiger partial charge is 0.246 e. The molecular weight excluding hydrogens is 426 g/mol. The molecule has 2 aliphatic rings. The van der Waals surface area contributed by atoms with E-state index < -0.39 is 6.04 Å². The van der Waals surface area contributed by atoms with Gasteiger partial charge in [-0.15, -0.1) is 0 Å². The fourth-order valence-electron chi connectivity index (χ4n) is 5.51. The highest BCUT2D eigenvalue weighted by Gasteiger charge is 2.48. The molecule has 6 nitrogen and oxygen atoms in total. The Kier molecular flexibility index (Phi) is 6.17. The molecule has 1 aromatic heterocycles. The number of H-pyrrole nitrogens is 1. The van der Waals surface area contributed by atoms with Gasteiger partial charge in [-0.1, -0.05) is 56.3 Å². The maximum atomic E-state index is 13.6. The number of hydrogen-bond donors (Lipinski definition) is 2. The summed E-state index contributed by atoms with van der Waals surface area (Å²) in [4.78, 5) is 34.3. The van der Waals surface area contributed by atoms with Crippen molar-refractivity contribution in [3.05, 3.63) is 70.9 Å². The molecule has 2 amide bonds. The van der Waals surface area contributed by atoms with Crippen LogP contribution in [0.4, 0.5) is 0 Å². The first kappa shape index (κ1) is 22.7. The van der Waals surface area contributed by atoms with Gasteiger partial charge in [0.25, 0.3) is 0 Å². The number of nitrogens with one attached hydrogen (secondary N) is 1. The highest BCUT2D eigenvalue weighted by molar-refractivity contribution is 5.97. The summed E-state index contributed by atoms with van der Waals surface area (Å²) in [6, 6.07) is 15.9. The molecule has 0 bridgehead atoms. The molecule has 6 heteroatoms. The van der Waals surface area contributed by atoms with Crippen molar-refractivity contribution in [1.82, 2.24) is 14.8 Å². The van der Waals surface area contributed by atoms with Crippen LogP contribution < -0.4 is 0 Å².